The zero-order chi connectivity index (χ0) is 11.8. The van der Waals surface area contributed by atoms with Crippen LogP contribution in [0.1, 0.15) is 19.8 Å². The molecule has 1 aromatic rings. The molecular formula is C12H18BrN2O+. The predicted molar refractivity (Wildman–Crippen MR) is 69.3 cm³/mol. The lowest BCUT2D eigenvalue weighted by Crippen LogP contribution is -2.86. The molecule has 88 valence electrons. The summed E-state index contributed by atoms with van der Waals surface area (Å²) < 4.78 is 1.01. The maximum absolute atomic E-state index is 11.5. The molecule has 0 bridgehead atoms. The van der Waals surface area contributed by atoms with Crippen LogP contribution in [0.2, 0.25) is 0 Å². The van der Waals surface area contributed by atoms with Crippen LogP contribution in [-0.4, -0.2) is 19.0 Å². The second-order valence-electron chi connectivity index (χ2n) is 3.69. The number of amides is 1. The highest BCUT2D eigenvalue weighted by Gasteiger charge is 2.03. The van der Waals surface area contributed by atoms with Crippen LogP contribution in [0.3, 0.4) is 0 Å². The average Bonchev–Trinajstić information content (AvgIpc) is 2.28. The number of unbranched alkanes of at least 4 members (excludes halogenated alkanes) is 1. The zero-order valence-electron chi connectivity index (χ0n) is 9.50. The first-order valence-corrected chi connectivity index (χ1v) is 6.38. The van der Waals surface area contributed by atoms with Crippen molar-refractivity contribution in [3.8, 4) is 0 Å². The summed E-state index contributed by atoms with van der Waals surface area (Å²) in [6.07, 6.45) is 2.33. The van der Waals surface area contributed by atoms with Crippen molar-refractivity contribution in [1.82, 2.24) is 0 Å². The van der Waals surface area contributed by atoms with E-state index < -0.39 is 0 Å². The maximum atomic E-state index is 11.5. The van der Waals surface area contributed by atoms with Crippen LogP contribution in [0.5, 0.6) is 0 Å². The molecule has 3 N–H and O–H groups in total. The van der Waals surface area contributed by atoms with Crippen molar-refractivity contribution in [3.05, 3.63) is 28.7 Å². The minimum Gasteiger partial charge on any atom is -0.338 e. The van der Waals surface area contributed by atoms with Crippen molar-refractivity contribution in [3.63, 3.8) is 0 Å². The van der Waals surface area contributed by atoms with Crippen LogP contribution >= 0.6 is 15.9 Å². The van der Waals surface area contributed by atoms with Crippen molar-refractivity contribution < 1.29 is 10.1 Å². The van der Waals surface area contributed by atoms with Gasteiger partial charge in [-0.3, -0.25) is 4.79 Å². The summed E-state index contributed by atoms with van der Waals surface area (Å²) in [5, 5.41) is 4.89. The lowest BCUT2D eigenvalue weighted by Gasteiger charge is -2.04. The minimum atomic E-state index is 0.0541. The Morgan fingerprint density at radius 3 is 2.69 bits per heavy atom. The van der Waals surface area contributed by atoms with Gasteiger partial charge in [-0.05, 0) is 30.7 Å². The van der Waals surface area contributed by atoms with E-state index >= 15 is 0 Å². The topological polar surface area (TPSA) is 45.7 Å². The summed E-state index contributed by atoms with van der Waals surface area (Å²) >= 11 is 3.35. The third-order valence-electron chi connectivity index (χ3n) is 2.22. The smallest absolute Gasteiger partial charge is 0.279 e. The zero-order valence-corrected chi connectivity index (χ0v) is 11.1. The van der Waals surface area contributed by atoms with Gasteiger partial charge in [-0.1, -0.05) is 29.3 Å². The Morgan fingerprint density at radius 2 is 2.06 bits per heavy atom. The third-order valence-corrected chi connectivity index (χ3v) is 2.75. The lowest BCUT2D eigenvalue weighted by atomic mass is 10.3. The van der Waals surface area contributed by atoms with Crippen LogP contribution in [-0.2, 0) is 4.79 Å². The van der Waals surface area contributed by atoms with Crippen LogP contribution in [0.4, 0.5) is 5.69 Å². The number of carbonyl (C=O) groups excluding carboxylic acids is 1. The lowest BCUT2D eigenvalue weighted by molar-refractivity contribution is -0.643. The number of carbonyl (C=O) groups is 1. The predicted octanol–water partition coefficient (Wildman–Crippen LogP) is 1.75. The molecule has 0 aliphatic carbocycles. The Morgan fingerprint density at radius 1 is 1.38 bits per heavy atom. The van der Waals surface area contributed by atoms with E-state index in [0.29, 0.717) is 6.54 Å². The van der Waals surface area contributed by atoms with Gasteiger partial charge in [-0.15, -0.1) is 0 Å². The molecule has 0 aromatic heterocycles. The van der Waals surface area contributed by atoms with E-state index in [1.807, 2.05) is 29.6 Å². The first-order chi connectivity index (χ1) is 7.72. The number of quaternary nitrogens is 1. The normalized spacial score (nSPS) is 10.1. The largest absolute Gasteiger partial charge is 0.338 e. The van der Waals surface area contributed by atoms with Crippen molar-refractivity contribution in [1.29, 1.82) is 0 Å². The van der Waals surface area contributed by atoms with E-state index in [1.165, 1.54) is 6.42 Å². The molecule has 0 saturated heterocycles. The fourth-order valence-electron chi connectivity index (χ4n) is 1.33. The van der Waals surface area contributed by atoms with Crippen LogP contribution in [0.25, 0.3) is 0 Å². The van der Waals surface area contributed by atoms with Crippen molar-refractivity contribution in [2.45, 2.75) is 19.8 Å². The molecule has 3 nitrogen and oxygen atoms in total. The summed E-state index contributed by atoms with van der Waals surface area (Å²) in [5.41, 5.74) is 0.845. The summed E-state index contributed by atoms with van der Waals surface area (Å²) in [7, 11) is 0. The molecule has 16 heavy (non-hydrogen) atoms. The molecule has 0 aliphatic rings. The molecule has 0 fully saturated rings. The Hall–Kier alpha value is -0.870. The second kappa shape index (κ2) is 7.41. The monoisotopic (exact) mass is 285 g/mol. The van der Waals surface area contributed by atoms with Gasteiger partial charge in [0.15, 0.2) is 6.54 Å². The van der Waals surface area contributed by atoms with E-state index in [1.54, 1.807) is 0 Å². The van der Waals surface area contributed by atoms with E-state index in [0.717, 1.165) is 23.1 Å². The molecule has 0 spiro atoms. The number of anilines is 1. The molecule has 1 aromatic carbocycles. The SMILES string of the molecule is CCCC[NH2+]CC(=O)Nc1ccc(Br)cc1. The number of nitrogens with two attached hydrogens (primary N) is 1. The molecule has 1 amide bonds. The second-order valence-corrected chi connectivity index (χ2v) is 4.61. The molecule has 0 aliphatic heterocycles. The number of halogens is 1. The van der Waals surface area contributed by atoms with Gasteiger partial charge in [-0.25, -0.2) is 0 Å². The number of benzene rings is 1. The van der Waals surface area contributed by atoms with E-state index in [4.69, 9.17) is 0 Å². The average molecular weight is 286 g/mol. The molecular weight excluding hydrogens is 268 g/mol. The Balaban J connectivity index is 2.26. The van der Waals surface area contributed by atoms with Crippen LogP contribution < -0.4 is 10.6 Å². The van der Waals surface area contributed by atoms with Crippen LogP contribution in [0.15, 0.2) is 28.7 Å². The number of rotatable bonds is 6. The van der Waals surface area contributed by atoms with Crippen molar-refractivity contribution in [2.24, 2.45) is 0 Å². The highest BCUT2D eigenvalue weighted by Crippen LogP contribution is 2.13. The van der Waals surface area contributed by atoms with E-state index in [2.05, 4.69) is 28.2 Å². The van der Waals surface area contributed by atoms with Gasteiger partial charge in [0.25, 0.3) is 5.91 Å². The minimum absolute atomic E-state index is 0.0541. The number of hydrogen-bond donors (Lipinski definition) is 2. The van der Waals surface area contributed by atoms with Gasteiger partial charge < -0.3 is 10.6 Å². The van der Waals surface area contributed by atoms with E-state index in [-0.39, 0.29) is 5.91 Å². The molecule has 0 unspecified atom stereocenters. The van der Waals surface area contributed by atoms with Crippen LogP contribution in [0, 0.1) is 0 Å². The fraction of sp³-hybridized carbons (Fsp3) is 0.417. The number of nitrogens with one attached hydrogen (secondary N) is 1. The quantitative estimate of drug-likeness (QED) is 0.769. The number of hydrogen-bond acceptors (Lipinski definition) is 1. The van der Waals surface area contributed by atoms with Gasteiger partial charge in [0, 0.05) is 10.2 Å². The molecule has 0 atom stereocenters. The Bertz CT molecular complexity index is 324. The molecule has 4 heteroatoms. The van der Waals surface area contributed by atoms with Gasteiger partial charge >= 0.3 is 0 Å². The first-order valence-electron chi connectivity index (χ1n) is 5.59. The molecule has 0 heterocycles. The van der Waals surface area contributed by atoms with Gasteiger partial charge in [0.2, 0.25) is 0 Å². The summed E-state index contributed by atoms with van der Waals surface area (Å²) in [4.78, 5) is 11.5. The van der Waals surface area contributed by atoms with E-state index in [9.17, 15) is 4.79 Å². The summed E-state index contributed by atoms with van der Waals surface area (Å²) in [5.74, 6) is 0.0541. The fourth-order valence-corrected chi connectivity index (χ4v) is 1.59. The third kappa shape index (κ3) is 5.28. The maximum Gasteiger partial charge on any atom is 0.279 e. The highest BCUT2D eigenvalue weighted by atomic mass is 79.9. The molecule has 0 saturated carbocycles. The van der Waals surface area contributed by atoms with Gasteiger partial charge in [0.1, 0.15) is 0 Å². The Labute approximate surface area is 105 Å². The van der Waals surface area contributed by atoms with Gasteiger partial charge in [0.05, 0.1) is 6.54 Å². The molecule has 1 rings (SSSR count). The standard InChI is InChI=1S/C12H17BrN2O/c1-2-3-8-14-9-12(16)15-11-6-4-10(13)5-7-11/h4-7,14H,2-3,8-9H2,1H3,(H,15,16)/p+1. The van der Waals surface area contributed by atoms with Crippen molar-refractivity contribution in [2.75, 3.05) is 18.4 Å². The Kier molecular flexibility index (Phi) is 6.11. The summed E-state index contributed by atoms with van der Waals surface area (Å²) in [6, 6.07) is 7.59. The molecule has 0 radical (unpaired) electrons. The summed E-state index contributed by atoms with van der Waals surface area (Å²) in [6.45, 7) is 3.66. The van der Waals surface area contributed by atoms with Gasteiger partial charge in [-0.2, -0.15) is 0 Å². The van der Waals surface area contributed by atoms with Crippen molar-refractivity contribution >= 4 is 27.5 Å². The first kappa shape index (κ1) is 13.2. The highest BCUT2D eigenvalue weighted by molar-refractivity contribution is 9.10.